The smallest absolute Gasteiger partial charge is 0.243 e. The molecule has 3 heterocycles. The molecule has 2 aromatic rings. The molecule has 2 saturated heterocycles. The van der Waals surface area contributed by atoms with E-state index in [2.05, 4.69) is 5.32 Å². The lowest BCUT2D eigenvalue weighted by atomic mass is 9.99. The van der Waals surface area contributed by atoms with Gasteiger partial charge in [0.05, 0.1) is 17.4 Å². The number of rotatable bonds is 6. The number of amides is 2. The molecule has 4 rings (SSSR count). The van der Waals surface area contributed by atoms with E-state index in [1.165, 1.54) is 4.31 Å². The number of hydrogen-bond donors (Lipinski definition) is 1. The first-order valence-electron chi connectivity index (χ1n) is 10.2. The number of anilines is 1. The second-order valence-corrected chi connectivity index (χ2v) is 10.6. The lowest BCUT2D eigenvalue weighted by molar-refractivity contribution is -0.126. The van der Waals surface area contributed by atoms with Gasteiger partial charge in [0.25, 0.3) is 0 Å². The summed E-state index contributed by atoms with van der Waals surface area (Å²) in [6, 6.07) is 10.4. The zero-order chi connectivity index (χ0) is 21.1. The Morgan fingerprint density at radius 2 is 1.93 bits per heavy atom. The van der Waals surface area contributed by atoms with E-state index >= 15 is 0 Å². The van der Waals surface area contributed by atoms with Crippen molar-refractivity contribution in [3.8, 4) is 0 Å². The first-order valence-corrected chi connectivity index (χ1v) is 12.5. The summed E-state index contributed by atoms with van der Waals surface area (Å²) in [5.41, 5.74) is 0.723. The molecule has 0 radical (unpaired) electrons. The number of nitrogens with zero attached hydrogens (tertiary/aromatic N) is 2. The number of carbonyl (C=O) groups excluding carboxylic acids is 2. The molecule has 0 spiro atoms. The molecule has 1 aromatic heterocycles. The quantitative estimate of drug-likeness (QED) is 0.737. The van der Waals surface area contributed by atoms with Crippen LogP contribution < -0.4 is 10.2 Å². The summed E-state index contributed by atoms with van der Waals surface area (Å²) >= 11 is 1.58. The zero-order valence-corrected chi connectivity index (χ0v) is 18.3. The molecule has 1 unspecified atom stereocenters. The molecule has 1 N–H and O–H groups in total. The van der Waals surface area contributed by atoms with E-state index in [4.69, 9.17) is 0 Å². The fourth-order valence-electron chi connectivity index (χ4n) is 3.97. The van der Waals surface area contributed by atoms with Gasteiger partial charge in [-0.3, -0.25) is 9.59 Å². The molecule has 30 heavy (non-hydrogen) atoms. The van der Waals surface area contributed by atoms with Crippen molar-refractivity contribution in [1.82, 2.24) is 9.62 Å². The van der Waals surface area contributed by atoms with Crippen LogP contribution in [0.3, 0.4) is 0 Å². The fraction of sp³-hybridized carbons (Fsp3) is 0.429. The molecule has 7 nitrogen and oxygen atoms in total. The van der Waals surface area contributed by atoms with Crippen LogP contribution in [0.2, 0.25) is 0 Å². The van der Waals surface area contributed by atoms with E-state index in [1.54, 1.807) is 40.5 Å². The maximum atomic E-state index is 13.1. The summed E-state index contributed by atoms with van der Waals surface area (Å²) < 4.78 is 27.6. The van der Waals surface area contributed by atoms with Crippen LogP contribution in [0.5, 0.6) is 0 Å². The van der Waals surface area contributed by atoms with E-state index in [-0.39, 0.29) is 29.2 Å². The van der Waals surface area contributed by atoms with Crippen molar-refractivity contribution in [1.29, 1.82) is 0 Å². The average Bonchev–Trinajstić information content (AvgIpc) is 3.44. The van der Waals surface area contributed by atoms with Gasteiger partial charge in [0.1, 0.15) is 0 Å². The maximum Gasteiger partial charge on any atom is 0.243 e. The van der Waals surface area contributed by atoms with Crippen molar-refractivity contribution in [3.63, 3.8) is 0 Å². The van der Waals surface area contributed by atoms with Gasteiger partial charge in [-0.25, -0.2) is 8.42 Å². The van der Waals surface area contributed by atoms with Crippen molar-refractivity contribution in [3.05, 3.63) is 46.7 Å². The van der Waals surface area contributed by atoms with Gasteiger partial charge in [-0.15, -0.1) is 11.3 Å². The van der Waals surface area contributed by atoms with Crippen LogP contribution in [-0.4, -0.2) is 44.2 Å². The molecule has 0 aliphatic carbocycles. The van der Waals surface area contributed by atoms with E-state index in [1.807, 2.05) is 17.5 Å². The van der Waals surface area contributed by atoms with E-state index in [0.717, 1.165) is 17.0 Å². The molecular weight excluding hydrogens is 422 g/mol. The second kappa shape index (κ2) is 8.87. The Morgan fingerprint density at radius 3 is 2.60 bits per heavy atom. The van der Waals surface area contributed by atoms with E-state index < -0.39 is 10.0 Å². The van der Waals surface area contributed by atoms with Gasteiger partial charge in [-0.1, -0.05) is 6.07 Å². The normalized spacial score (nSPS) is 20.5. The number of piperidine rings is 1. The third kappa shape index (κ3) is 4.43. The molecule has 0 saturated carbocycles. The van der Waals surface area contributed by atoms with Gasteiger partial charge in [0.2, 0.25) is 21.8 Å². The van der Waals surface area contributed by atoms with Gasteiger partial charge in [0, 0.05) is 36.6 Å². The van der Waals surface area contributed by atoms with Gasteiger partial charge in [0.15, 0.2) is 0 Å². The van der Waals surface area contributed by atoms with Crippen LogP contribution >= 0.6 is 11.3 Å². The Hall–Kier alpha value is -2.23. The third-order valence-corrected chi connectivity index (χ3v) is 8.39. The molecule has 9 heteroatoms. The first kappa shape index (κ1) is 21.0. The lowest BCUT2D eigenvalue weighted by Crippen LogP contribution is -2.45. The van der Waals surface area contributed by atoms with Gasteiger partial charge in [-0.2, -0.15) is 4.31 Å². The Bertz CT molecular complexity index is 1000. The summed E-state index contributed by atoms with van der Waals surface area (Å²) in [6.45, 7) is 1.73. The monoisotopic (exact) mass is 447 g/mol. The van der Waals surface area contributed by atoms with Crippen molar-refractivity contribution in [2.24, 2.45) is 5.92 Å². The standard InChI is InChI=1S/C21H25N3O4S2/c25-20-6-2-12-24(20)17-7-9-19(10-8-17)30(27,28)23-11-1-4-16(15-23)21(26)22-14-18-5-3-13-29-18/h3,5,7-10,13,16H,1-2,4,6,11-12,14-15H2,(H,22,26). The average molecular weight is 448 g/mol. The molecule has 160 valence electrons. The molecule has 0 bridgehead atoms. The number of thiophene rings is 1. The van der Waals surface area contributed by atoms with Crippen LogP contribution in [0, 0.1) is 5.92 Å². The van der Waals surface area contributed by atoms with E-state index in [9.17, 15) is 18.0 Å². The number of carbonyl (C=O) groups is 2. The van der Waals surface area contributed by atoms with Crippen LogP contribution in [-0.2, 0) is 26.2 Å². The number of benzene rings is 1. The second-order valence-electron chi connectivity index (χ2n) is 7.64. The SMILES string of the molecule is O=C(NCc1cccs1)C1CCCN(S(=O)(=O)c2ccc(N3CCCC3=O)cc2)C1. The first-order chi connectivity index (χ1) is 14.4. The molecule has 2 amide bonds. The Kier molecular flexibility index (Phi) is 6.21. The van der Waals surface area contributed by atoms with Gasteiger partial charge < -0.3 is 10.2 Å². The molecule has 1 aromatic carbocycles. The predicted molar refractivity (Wildman–Crippen MR) is 116 cm³/mol. The highest BCUT2D eigenvalue weighted by Gasteiger charge is 2.33. The zero-order valence-electron chi connectivity index (χ0n) is 16.6. The minimum atomic E-state index is -3.69. The molecule has 2 fully saturated rings. The van der Waals surface area contributed by atoms with Crippen molar-refractivity contribution in [2.45, 2.75) is 37.1 Å². The fourth-order valence-corrected chi connectivity index (χ4v) is 6.14. The lowest BCUT2D eigenvalue weighted by Gasteiger charge is -2.31. The Labute approximate surface area is 180 Å². The number of sulfonamides is 1. The third-order valence-electron chi connectivity index (χ3n) is 5.63. The maximum absolute atomic E-state index is 13.1. The van der Waals surface area contributed by atoms with Gasteiger partial charge in [-0.05, 0) is 55.0 Å². The minimum absolute atomic E-state index is 0.0676. The summed E-state index contributed by atoms with van der Waals surface area (Å²) in [5, 5.41) is 4.88. The minimum Gasteiger partial charge on any atom is -0.351 e. The highest BCUT2D eigenvalue weighted by Crippen LogP contribution is 2.27. The molecule has 1 atom stereocenters. The Morgan fingerprint density at radius 1 is 1.13 bits per heavy atom. The number of nitrogens with one attached hydrogen (secondary N) is 1. The molecular formula is C21H25N3O4S2. The van der Waals surface area contributed by atoms with Crippen molar-refractivity contribution < 1.29 is 18.0 Å². The topological polar surface area (TPSA) is 86.8 Å². The van der Waals surface area contributed by atoms with E-state index in [0.29, 0.717) is 38.9 Å². The van der Waals surface area contributed by atoms with Crippen molar-refractivity contribution in [2.75, 3.05) is 24.5 Å². The van der Waals surface area contributed by atoms with Crippen LogP contribution in [0.15, 0.2) is 46.7 Å². The molecule has 2 aliphatic heterocycles. The summed E-state index contributed by atoms with van der Waals surface area (Å²) in [6.07, 6.45) is 2.68. The Balaban J connectivity index is 1.41. The summed E-state index contributed by atoms with van der Waals surface area (Å²) in [4.78, 5) is 27.4. The van der Waals surface area contributed by atoms with Crippen molar-refractivity contribution >= 4 is 38.9 Å². The van der Waals surface area contributed by atoms with Gasteiger partial charge >= 0.3 is 0 Å². The largest absolute Gasteiger partial charge is 0.351 e. The molecule has 2 aliphatic rings. The summed E-state index contributed by atoms with van der Waals surface area (Å²) in [5.74, 6) is -0.390. The van der Waals surface area contributed by atoms with Crippen LogP contribution in [0.25, 0.3) is 0 Å². The predicted octanol–water partition coefficient (Wildman–Crippen LogP) is 2.59. The summed E-state index contributed by atoms with van der Waals surface area (Å²) in [7, 11) is -3.69. The highest BCUT2D eigenvalue weighted by atomic mass is 32.2. The number of hydrogen-bond acceptors (Lipinski definition) is 5. The van der Waals surface area contributed by atoms with Crippen LogP contribution in [0.4, 0.5) is 5.69 Å². The van der Waals surface area contributed by atoms with Crippen LogP contribution in [0.1, 0.15) is 30.6 Å². The highest BCUT2D eigenvalue weighted by molar-refractivity contribution is 7.89.